The number of piperidine rings is 1. The number of aromatic nitrogens is 1. The molecule has 0 radical (unpaired) electrons. The number of aliphatic hydroxyl groups is 1. The molecule has 2 aliphatic rings. The van der Waals surface area contributed by atoms with Gasteiger partial charge in [0.25, 0.3) is 0 Å². The van der Waals surface area contributed by atoms with Gasteiger partial charge in [-0.2, -0.15) is 13.2 Å². The highest BCUT2D eigenvalue weighted by Crippen LogP contribution is 2.36. The molecular weight excluding hydrogens is 506 g/mol. The number of aliphatic hydroxyl groups excluding tert-OH is 1. The smallest absolute Gasteiger partial charge is 0.392 e. The van der Waals surface area contributed by atoms with Crippen molar-refractivity contribution in [2.75, 3.05) is 23.3 Å². The number of hydrogen-bond donors (Lipinski definition) is 2. The van der Waals surface area contributed by atoms with Crippen LogP contribution in [0.2, 0.25) is 0 Å². The highest BCUT2D eigenvalue weighted by atomic mass is 19.4. The van der Waals surface area contributed by atoms with E-state index in [1.54, 1.807) is 30.5 Å². The average Bonchev–Trinajstić information content (AvgIpc) is 2.94. The standard InChI is InChI=1S/C31H35F4N3O/c32-28-12-7-22(17-25(28)20-39)23-13-14-36-30(18-23)37-29-6-2-1-5-24(29)16-21-4-3-15-38(19-21)27-10-8-26(9-11-27)31(33,34)35/h7-14,17-18,21,24,29,39H,1-6,15-16,19-20H2,(H,36,37)/t21-,24+,29-/m1/s1. The van der Waals surface area contributed by atoms with Crippen LogP contribution in [0.4, 0.5) is 29.1 Å². The first-order chi connectivity index (χ1) is 18.8. The molecule has 3 aromatic rings. The molecule has 1 saturated heterocycles. The summed E-state index contributed by atoms with van der Waals surface area (Å²) < 4.78 is 52.8. The SMILES string of the molecule is OCc1cc(-c2ccnc(N[C@@H]3CCCC[C@H]3C[C@H]3CCCN(c4ccc(C(F)(F)F)cc4)C3)c2)ccc1F. The van der Waals surface area contributed by atoms with Crippen LogP contribution in [-0.2, 0) is 12.8 Å². The van der Waals surface area contributed by atoms with E-state index in [2.05, 4.69) is 15.2 Å². The van der Waals surface area contributed by atoms with Gasteiger partial charge in [-0.1, -0.05) is 18.9 Å². The Balaban J connectivity index is 1.24. The van der Waals surface area contributed by atoms with Crippen molar-refractivity contribution >= 4 is 11.5 Å². The number of rotatable bonds is 7. The summed E-state index contributed by atoms with van der Waals surface area (Å²) in [4.78, 5) is 6.78. The molecule has 1 saturated carbocycles. The summed E-state index contributed by atoms with van der Waals surface area (Å²) in [5, 5.41) is 13.1. The number of nitrogens with zero attached hydrogens (tertiary/aromatic N) is 2. The molecule has 2 heterocycles. The predicted molar refractivity (Wildman–Crippen MR) is 146 cm³/mol. The van der Waals surface area contributed by atoms with Crippen molar-refractivity contribution in [3.05, 3.63) is 77.7 Å². The lowest BCUT2D eigenvalue weighted by molar-refractivity contribution is -0.137. The lowest BCUT2D eigenvalue weighted by Gasteiger charge is -2.39. The van der Waals surface area contributed by atoms with Crippen LogP contribution in [0, 0.1) is 17.7 Å². The second-order valence-electron chi connectivity index (χ2n) is 10.9. The van der Waals surface area contributed by atoms with Crippen LogP contribution in [0.25, 0.3) is 11.1 Å². The number of benzene rings is 2. The highest BCUT2D eigenvalue weighted by molar-refractivity contribution is 5.67. The van der Waals surface area contributed by atoms with E-state index in [4.69, 9.17) is 0 Å². The molecule has 2 fully saturated rings. The molecule has 2 N–H and O–H groups in total. The molecule has 1 aliphatic heterocycles. The zero-order chi connectivity index (χ0) is 27.4. The third kappa shape index (κ3) is 6.72. The maximum Gasteiger partial charge on any atom is 0.416 e. The largest absolute Gasteiger partial charge is 0.416 e. The van der Waals surface area contributed by atoms with Gasteiger partial charge in [-0.3, -0.25) is 0 Å². The maximum atomic E-state index is 13.9. The fraction of sp³-hybridized carbons (Fsp3) is 0.452. The zero-order valence-corrected chi connectivity index (χ0v) is 21.9. The topological polar surface area (TPSA) is 48.4 Å². The zero-order valence-electron chi connectivity index (χ0n) is 21.9. The van der Waals surface area contributed by atoms with E-state index < -0.39 is 17.6 Å². The quantitative estimate of drug-likeness (QED) is 0.301. The number of pyridine rings is 1. The minimum absolute atomic E-state index is 0.268. The average molecular weight is 542 g/mol. The molecule has 8 heteroatoms. The molecule has 1 aromatic heterocycles. The number of alkyl halides is 3. The fourth-order valence-electron chi connectivity index (χ4n) is 6.22. The van der Waals surface area contributed by atoms with Gasteiger partial charge in [-0.15, -0.1) is 0 Å². The summed E-state index contributed by atoms with van der Waals surface area (Å²) in [6.45, 7) is 1.38. The molecule has 0 unspecified atom stereocenters. The molecule has 0 amide bonds. The first-order valence-corrected chi connectivity index (χ1v) is 13.8. The lowest BCUT2D eigenvalue weighted by atomic mass is 9.77. The minimum Gasteiger partial charge on any atom is -0.392 e. The Morgan fingerprint density at radius 1 is 0.923 bits per heavy atom. The molecule has 2 aromatic carbocycles. The lowest BCUT2D eigenvalue weighted by Crippen LogP contribution is -2.39. The van der Waals surface area contributed by atoms with E-state index in [1.165, 1.54) is 24.6 Å². The number of anilines is 2. The molecular formula is C31H35F4N3O. The Hall–Kier alpha value is -3.13. The Bertz CT molecular complexity index is 1250. The van der Waals surface area contributed by atoms with Crippen LogP contribution >= 0.6 is 0 Å². The maximum absolute atomic E-state index is 13.9. The van der Waals surface area contributed by atoms with E-state index in [0.717, 1.165) is 74.2 Å². The van der Waals surface area contributed by atoms with E-state index >= 15 is 0 Å². The summed E-state index contributed by atoms with van der Waals surface area (Å²) in [6, 6.07) is 14.5. The van der Waals surface area contributed by atoms with Gasteiger partial charge in [-0.05, 0) is 104 Å². The second kappa shape index (κ2) is 11.9. The summed E-state index contributed by atoms with van der Waals surface area (Å²) in [5.74, 6) is 1.35. The van der Waals surface area contributed by atoms with Crippen LogP contribution in [0.15, 0.2) is 60.8 Å². The molecule has 1 aliphatic carbocycles. The van der Waals surface area contributed by atoms with Gasteiger partial charge in [0, 0.05) is 36.6 Å². The Labute approximate surface area is 227 Å². The fourth-order valence-corrected chi connectivity index (χ4v) is 6.22. The van der Waals surface area contributed by atoms with Gasteiger partial charge < -0.3 is 15.3 Å². The predicted octanol–water partition coefficient (Wildman–Crippen LogP) is 7.68. The highest BCUT2D eigenvalue weighted by Gasteiger charge is 2.32. The van der Waals surface area contributed by atoms with Crippen LogP contribution in [-0.4, -0.2) is 29.2 Å². The monoisotopic (exact) mass is 541 g/mol. The van der Waals surface area contributed by atoms with Crippen molar-refractivity contribution in [3.63, 3.8) is 0 Å². The van der Waals surface area contributed by atoms with Crippen molar-refractivity contribution in [1.29, 1.82) is 0 Å². The molecule has 5 rings (SSSR count). The van der Waals surface area contributed by atoms with Gasteiger partial charge in [0.15, 0.2) is 0 Å². The number of nitrogens with one attached hydrogen (secondary N) is 1. The van der Waals surface area contributed by atoms with Gasteiger partial charge in [0.2, 0.25) is 0 Å². The molecule has 39 heavy (non-hydrogen) atoms. The summed E-state index contributed by atoms with van der Waals surface area (Å²) in [7, 11) is 0. The van der Waals surface area contributed by atoms with Gasteiger partial charge in [0.05, 0.1) is 12.2 Å². The van der Waals surface area contributed by atoms with E-state index in [1.807, 2.05) is 12.1 Å². The normalized spacial score (nSPS) is 22.1. The minimum atomic E-state index is -4.32. The van der Waals surface area contributed by atoms with Crippen molar-refractivity contribution in [1.82, 2.24) is 4.98 Å². The second-order valence-corrected chi connectivity index (χ2v) is 10.9. The Kier molecular flexibility index (Phi) is 8.40. The molecule has 208 valence electrons. The molecule has 0 bridgehead atoms. The summed E-state index contributed by atoms with van der Waals surface area (Å²) in [6.07, 6.45) is 5.25. The van der Waals surface area contributed by atoms with Crippen molar-refractivity contribution < 1.29 is 22.7 Å². The summed E-state index contributed by atoms with van der Waals surface area (Å²) in [5.41, 5.74) is 2.26. The number of hydrogen-bond acceptors (Lipinski definition) is 4. The van der Waals surface area contributed by atoms with Gasteiger partial charge in [-0.25, -0.2) is 9.37 Å². The van der Waals surface area contributed by atoms with E-state index in [-0.39, 0.29) is 12.2 Å². The van der Waals surface area contributed by atoms with Crippen molar-refractivity contribution in [3.8, 4) is 11.1 Å². The van der Waals surface area contributed by atoms with Gasteiger partial charge >= 0.3 is 6.18 Å². The van der Waals surface area contributed by atoms with Crippen molar-refractivity contribution in [2.24, 2.45) is 11.8 Å². The van der Waals surface area contributed by atoms with Crippen LogP contribution in [0.5, 0.6) is 0 Å². The van der Waals surface area contributed by atoms with Crippen LogP contribution in [0.3, 0.4) is 0 Å². The van der Waals surface area contributed by atoms with E-state index in [0.29, 0.717) is 17.9 Å². The Morgan fingerprint density at radius 3 is 2.46 bits per heavy atom. The first-order valence-electron chi connectivity index (χ1n) is 13.8. The Morgan fingerprint density at radius 2 is 1.69 bits per heavy atom. The molecule has 0 spiro atoms. The number of halogens is 4. The van der Waals surface area contributed by atoms with E-state index in [9.17, 15) is 22.7 Å². The van der Waals surface area contributed by atoms with Crippen LogP contribution < -0.4 is 10.2 Å². The van der Waals surface area contributed by atoms with Gasteiger partial charge in [0.1, 0.15) is 11.6 Å². The molecule has 4 nitrogen and oxygen atoms in total. The summed E-state index contributed by atoms with van der Waals surface area (Å²) >= 11 is 0. The van der Waals surface area contributed by atoms with Crippen LogP contribution in [0.1, 0.15) is 56.1 Å². The third-order valence-electron chi connectivity index (χ3n) is 8.27. The third-order valence-corrected chi connectivity index (χ3v) is 8.27. The first kappa shape index (κ1) is 27.4. The van der Waals surface area contributed by atoms with Crippen molar-refractivity contribution in [2.45, 2.75) is 63.8 Å². The molecule has 3 atom stereocenters.